The maximum atomic E-state index is 13.8. The summed E-state index contributed by atoms with van der Waals surface area (Å²) in [5, 5.41) is 5.38. The molecule has 0 saturated heterocycles. The predicted octanol–water partition coefficient (Wildman–Crippen LogP) is 9.49. The van der Waals surface area contributed by atoms with Crippen molar-refractivity contribution >= 4 is 18.0 Å². The molecule has 1 heterocycles. The third kappa shape index (κ3) is 13.5. The third-order valence-corrected chi connectivity index (χ3v) is 10.5. The first-order chi connectivity index (χ1) is 30.7. The van der Waals surface area contributed by atoms with Crippen molar-refractivity contribution in [3.05, 3.63) is 143 Å². The van der Waals surface area contributed by atoms with Crippen molar-refractivity contribution in [2.24, 2.45) is 0 Å². The molecule has 5 aromatic rings. The first kappa shape index (κ1) is 46.0. The lowest BCUT2D eigenvalue weighted by molar-refractivity contribution is -0.145. The second-order valence-electron chi connectivity index (χ2n) is 15.3. The zero-order valence-electron chi connectivity index (χ0n) is 36.3. The number of alkyl carbamates (subject to hydrolysis) is 1. The van der Waals surface area contributed by atoms with Crippen LogP contribution in [0.5, 0.6) is 23.0 Å². The molecule has 63 heavy (non-hydrogen) atoms. The van der Waals surface area contributed by atoms with E-state index in [-0.39, 0.29) is 31.5 Å². The van der Waals surface area contributed by atoms with Gasteiger partial charge in [0.25, 0.3) is 5.91 Å². The van der Waals surface area contributed by atoms with Gasteiger partial charge >= 0.3 is 12.1 Å². The quantitative estimate of drug-likeness (QED) is 0.0516. The highest BCUT2D eigenvalue weighted by molar-refractivity contribution is 5.82. The second kappa shape index (κ2) is 23.6. The molecule has 2 unspecified atom stereocenters. The van der Waals surface area contributed by atoms with Crippen molar-refractivity contribution < 1.29 is 47.2 Å². The number of carbonyl (C=O) groups is 3. The summed E-state index contributed by atoms with van der Waals surface area (Å²) in [5.74, 6) is 1.67. The number of nitrogens with one attached hydrogen (secondary N) is 2. The van der Waals surface area contributed by atoms with Crippen LogP contribution in [-0.4, -0.2) is 56.5 Å². The normalized spacial score (nSPS) is 13.4. The Morgan fingerprint density at radius 2 is 1.46 bits per heavy atom. The zero-order chi connectivity index (χ0) is 44.4. The van der Waals surface area contributed by atoms with Crippen LogP contribution in [0.1, 0.15) is 74.3 Å². The summed E-state index contributed by atoms with van der Waals surface area (Å²) < 4.78 is 49.7. The molecule has 332 valence electrons. The van der Waals surface area contributed by atoms with Crippen LogP contribution >= 0.6 is 0 Å². The number of benzene rings is 5. The Kier molecular flexibility index (Phi) is 17.2. The molecule has 2 amide bonds. The minimum atomic E-state index is -0.897. The number of hydrogen-bond donors (Lipinski definition) is 2. The maximum Gasteiger partial charge on any atom is 0.408 e. The summed E-state index contributed by atoms with van der Waals surface area (Å²) in [6.45, 7) is 7.32. The number of halogens is 1. The molecule has 2 atom stereocenters. The molecule has 1 aliphatic heterocycles. The molecule has 0 fully saturated rings. The Balaban J connectivity index is 0.969. The average Bonchev–Trinajstić information content (AvgIpc) is 3.31. The molecule has 0 aliphatic carbocycles. The molecule has 5 aromatic carbocycles. The zero-order valence-corrected chi connectivity index (χ0v) is 36.3. The van der Waals surface area contributed by atoms with Crippen LogP contribution in [-0.2, 0) is 51.5 Å². The summed E-state index contributed by atoms with van der Waals surface area (Å²) >= 11 is 0. The molecule has 6 rings (SSSR count). The van der Waals surface area contributed by atoms with Gasteiger partial charge in [-0.2, -0.15) is 0 Å². The number of aryl methyl sites for hydroxylation is 2. The molecule has 0 saturated carbocycles. The number of carbonyl (C=O) groups excluding carboxylic acids is 3. The van der Waals surface area contributed by atoms with E-state index >= 15 is 0 Å². The van der Waals surface area contributed by atoms with E-state index in [0.29, 0.717) is 57.0 Å². The lowest BCUT2D eigenvalue weighted by Gasteiger charge is -2.28. The van der Waals surface area contributed by atoms with Crippen LogP contribution in [0.4, 0.5) is 9.18 Å². The van der Waals surface area contributed by atoms with Gasteiger partial charge in [0.1, 0.15) is 48.1 Å². The van der Waals surface area contributed by atoms with E-state index < -0.39 is 24.2 Å². The molecule has 12 heteroatoms. The molecule has 0 bridgehead atoms. The van der Waals surface area contributed by atoms with Gasteiger partial charge < -0.3 is 39.1 Å². The minimum Gasteiger partial charge on any atom is -0.493 e. The van der Waals surface area contributed by atoms with Crippen molar-refractivity contribution in [2.45, 2.75) is 91.1 Å². The predicted molar refractivity (Wildman–Crippen MR) is 239 cm³/mol. The first-order valence-corrected chi connectivity index (χ1v) is 21.8. The van der Waals surface area contributed by atoms with Crippen molar-refractivity contribution in [2.75, 3.05) is 26.4 Å². The highest BCUT2D eigenvalue weighted by Gasteiger charge is 2.29. The van der Waals surface area contributed by atoms with Gasteiger partial charge in [-0.05, 0) is 91.1 Å². The number of hydrogen-bond acceptors (Lipinski definition) is 9. The topological polar surface area (TPSA) is 131 Å². The fourth-order valence-electron chi connectivity index (χ4n) is 7.14. The Morgan fingerprint density at radius 3 is 2.16 bits per heavy atom. The van der Waals surface area contributed by atoms with E-state index in [2.05, 4.69) is 30.5 Å². The van der Waals surface area contributed by atoms with Crippen molar-refractivity contribution in [3.8, 4) is 34.1 Å². The summed E-state index contributed by atoms with van der Waals surface area (Å²) in [6.07, 6.45) is 3.15. The molecule has 11 nitrogen and oxygen atoms in total. The smallest absolute Gasteiger partial charge is 0.408 e. The van der Waals surface area contributed by atoms with Crippen LogP contribution in [0.15, 0.2) is 109 Å². The van der Waals surface area contributed by atoms with Gasteiger partial charge in [0.05, 0.1) is 19.8 Å². The Labute approximate surface area is 369 Å². The Hall–Kier alpha value is -6.56. The van der Waals surface area contributed by atoms with Crippen LogP contribution < -0.4 is 29.6 Å². The molecule has 2 N–H and O–H groups in total. The molecular weight excluding hydrogens is 804 g/mol. The van der Waals surface area contributed by atoms with Crippen molar-refractivity contribution in [1.29, 1.82) is 0 Å². The van der Waals surface area contributed by atoms with E-state index in [1.807, 2.05) is 78.9 Å². The number of esters is 1. The van der Waals surface area contributed by atoms with E-state index in [1.54, 1.807) is 12.1 Å². The van der Waals surface area contributed by atoms with Crippen LogP contribution in [0.25, 0.3) is 11.1 Å². The van der Waals surface area contributed by atoms with Gasteiger partial charge in [-0.3, -0.25) is 4.79 Å². The van der Waals surface area contributed by atoms with E-state index in [1.165, 1.54) is 19.1 Å². The van der Waals surface area contributed by atoms with Crippen LogP contribution in [0, 0.1) is 5.82 Å². The van der Waals surface area contributed by atoms with Gasteiger partial charge in [0.2, 0.25) is 0 Å². The first-order valence-electron chi connectivity index (χ1n) is 21.8. The molecular formula is C51H57FN2O9. The van der Waals surface area contributed by atoms with Gasteiger partial charge in [0.15, 0.2) is 6.10 Å². The van der Waals surface area contributed by atoms with Crippen LogP contribution in [0.2, 0.25) is 0 Å². The standard InChI is InChI=1S/C51H57FN2O9/c1-4-14-42-44(58-29-13-30-59-46-32-47(61-33-36-15-8-6-9-16-36)43(31-38(46)5-2)39-19-23-41(52)24-20-39)25-21-40-22-26-45(63-48(40)42)49(55)53-27-12-28-60-50(56)35(3)54-51(57)62-34-37-17-10-7-11-18-37/h6-11,15-21,23-25,31-32,35,45H,4-5,12-14,22,26-30,33-34H2,1-3H3,(H,53,55)(H,54,57). The lowest BCUT2D eigenvalue weighted by atomic mass is 9.96. The third-order valence-electron chi connectivity index (χ3n) is 10.5. The molecule has 0 aromatic heterocycles. The highest BCUT2D eigenvalue weighted by Crippen LogP contribution is 2.39. The Bertz CT molecular complexity index is 2250. The van der Waals surface area contributed by atoms with Crippen molar-refractivity contribution in [1.82, 2.24) is 10.6 Å². The maximum absolute atomic E-state index is 13.8. The number of fused-ring (bicyclic) bond motifs is 1. The van der Waals surface area contributed by atoms with E-state index in [0.717, 1.165) is 69.7 Å². The van der Waals surface area contributed by atoms with Gasteiger partial charge in [0, 0.05) is 30.2 Å². The average molecular weight is 861 g/mol. The fraction of sp³-hybridized carbons (Fsp3) is 0.353. The number of ether oxygens (including phenoxy) is 6. The van der Waals surface area contributed by atoms with Crippen LogP contribution in [0.3, 0.4) is 0 Å². The monoisotopic (exact) mass is 860 g/mol. The highest BCUT2D eigenvalue weighted by atomic mass is 19.1. The summed E-state index contributed by atoms with van der Waals surface area (Å²) in [5.41, 5.74) is 6.59. The lowest BCUT2D eigenvalue weighted by Crippen LogP contribution is -2.41. The van der Waals surface area contributed by atoms with Crippen molar-refractivity contribution in [3.63, 3.8) is 0 Å². The summed E-state index contributed by atoms with van der Waals surface area (Å²) in [4.78, 5) is 37.7. The SMILES string of the molecule is CCCc1c(OCCCOc2cc(OCc3ccccc3)c(-c3ccc(F)cc3)cc2CC)ccc2c1OC(C(=O)NCCCOC(=O)C(C)NC(=O)OCc1ccccc1)CC2. The number of amides is 2. The molecule has 1 aliphatic rings. The van der Waals surface area contributed by atoms with E-state index in [9.17, 15) is 18.8 Å². The van der Waals surface area contributed by atoms with E-state index in [4.69, 9.17) is 28.4 Å². The fourth-order valence-corrected chi connectivity index (χ4v) is 7.14. The second-order valence-corrected chi connectivity index (χ2v) is 15.3. The molecule has 0 spiro atoms. The Morgan fingerprint density at radius 1 is 0.762 bits per heavy atom. The number of rotatable bonds is 22. The van der Waals surface area contributed by atoms with Gasteiger partial charge in [-0.1, -0.05) is 99.1 Å². The van der Waals surface area contributed by atoms with Gasteiger partial charge in [-0.25, -0.2) is 14.0 Å². The summed E-state index contributed by atoms with van der Waals surface area (Å²) in [6, 6.07) is 32.7. The molecule has 0 radical (unpaired) electrons. The summed E-state index contributed by atoms with van der Waals surface area (Å²) in [7, 11) is 0. The van der Waals surface area contributed by atoms with Gasteiger partial charge in [-0.15, -0.1) is 0 Å². The largest absolute Gasteiger partial charge is 0.493 e. The minimum absolute atomic E-state index is 0.0682.